The summed E-state index contributed by atoms with van der Waals surface area (Å²) < 4.78 is 3.77. The molecule has 1 heterocycles. The summed E-state index contributed by atoms with van der Waals surface area (Å²) in [5.41, 5.74) is 1.93. The van der Waals surface area contributed by atoms with Crippen LogP contribution in [-0.2, 0) is 13.6 Å². The second-order valence-electron chi connectivity index (χ2n) is 3.95. The third-order valence-electron chi connectivity index (χ3n) is 2.64. The molecule has 0 aliphatic heterocycles. The Hall–Kier alpha value is -1.42. The third kappa shape index (κ3) is 3.27. The minimum absolute atomic E-state index is 0. The Balaban J connectivity index is 0.00000144. The highest BCUT2D eigenvalue weighted by atomic mass is 79.9. The first-order valence-corrected chi connectivity index (χ1v) is 5.28. The van der Waals surface area contributed by atoms with Gasteiger partial charge in [-0.15, -0.1) is 4.68 Å². The zero-order chi connectivity index (χ0) is 11.5. The normalized spacial score (nSPS) is 9.76. The van der Waals surface area contributed by atoms with Crippen molar-refractivity contribution in [2.45, 2.75) is 13.5 Å². The summed E-state index contributed by atoms with van der Waals surface area (Å²) in [7, 11) is 1.92. The highest BCUT2D eigenvalue weighted by Crippen LogP contribution is 2.04. The lowest BCUT2D eigenvalue weighted by Gasteiger charge is -2.01. The summed E-state index contributed by atoms with van der Waals surface area (Å²) in [5, 5.41) is 0. The average Bonchev–Trinajstić information content (AvgIpc) is 2.65. The Morgan fingerprint density at radius 1 is 1.29 bits per heavy atom. The number of hydrogen-bond acceptors (Lipinski definition) is 1. The molecule has 1 aromatic heterocycles. The average molecular weight is 295 g/mol. The number of carbonyl (C=O) groups excluding carboxylic acids is 1. The zero-order valence-electron chi connectivity index (χ0n) is 9.93. The van der Waals surface area contributed by atoms with Gasteiger partial charge in [-0.3, -0.25) is 4.79 Å². The molecule has 0 N–H and O–H groups in total. The van der Waals surface area contributed by atoms with Gasteiger partial charge in [0.25, 0.3) is 0 Å². The molecule has 0 fully saturated rings. The van der Waals surface area contributed by atoms with Crippen LogP contribution in [0.15, 0.2) is 42.7 Å². The molecule has 2 aromatic rings. The van der Waals surface area contributed by atoms with Crippen molar-refractivity contribution in [1.29, 1.82) is 0 Å². The lowest BCUT2D eigenvalue weighted by atomic mass is 10.1. The van der Waals surface area contributed by atoms with E-state index in [1.807, 2.05) is 66.1 Å². The van der Waals surface area contributed by atoms with Gasteiger partial charge >= 0.3 is 0 Å². The monoisotopic (exact) mass is 294 g/mol. The summed E-state index contributed by atoms with van der Waals surface area (Å²) >= 11 is 0. The van der Waals surface area contributed by atoms with E-state index in [1.54, 1.807) is 0 Å². The predicted octanol–water partition coefficient (Wildman–Crippen LogP) is -1.49. The molecule has 4 heteroatoms. The molecule has 0 radical (unpaired) electrons. The molecule has 0 atom stereocenters. The Bertz CT molecular complexity index is 502. The van der Waals surface area contributed by atoms with E-state index < -0.39 is 0 Å². The number of halogens is 1. The Morgan fingerprint density at radius 3 is 2.47 bits per heavy atom. The molecule has 1 aromatic carbocycles. The molecule has 90 valence electrons. The van der Waals surface area contributed by atoms with Gasteiger partial charge in [0.1, 0.15) is 6.54 Å². The number of aryl methyl sites for hydroxylation is 2. The number of nitrogens with zero attached hydrogens (tertiary/aromatic N) is 2. The minimum atomic E-state index is 0. The molecular formula is C13H15BrN2O. The van der Waals surface area contributed by atoms with E-state index in [4.69, 9.17) is 0 Å². The molecule has 0 aliphatic rings. The molecule has 3 nitrogen and oxygen atoms in total. The highest BCUT2D eigenvalue weighted by molar-refractivity contribution is 5.95. The first-order valence-electron chi connectivity index (χ1n) is 5.28. The lowest BCUT2D eigenvalue weighted by molar-refractivity contribution is -0.752. The molecule has 0 spiro atoms. The highest BCUT2D eigenvalue weighted by Gasteiger charge is 2.10. The van der Waals surface area contributed by atoms with Gasteiger partial charge in [0.15, 0.2) is 19.0 Å². The SMILES string of the molecule is Cc1ccc(C(=O)Cn2ccc[n+]2C)cc1.[Br-]. The van der Waals surface area contributed by atoms with Crippen LogP contribution in [0, 0.1) is 6.92 Å². The number of Topliss-reactive ketones (excluding diaryl/α,β-unsaturated/α-hetero) is 1. The van der Waals surface area contributed by atoms with E-state index in [0.717, 1.165) is 5.56 Å². The number of rotatable bonds is 3. The summed E-state index contributed by atoms with van der Waals surface area (Å²) in [6.07, 6.45) is 3.81. The van der Waals surface area contributed by atoms with Gasteiger partial charge in [0.2, 0.25) is 0 Å². The topological polar surface area (TPSA) is 25.9 Å². The van der Waals surface area contributed by atoms with Gasteiger partial charge in [-0.05, 0) is 6.92 Å². The fourth-order valence-corrected chi connectivity index (χ4v) is 1.60. The molecule has 0 aliphatic carbocycles. The van der Waals surface area contributed by atoms with Crippen LogP contribution in [0.1, 0.15) is 15.9 Å². The van der Waals surface area contributed by atoms with Crippen LogP contribution in [0.4, 0.5) is 0 Å². The number of aromatic nitrogens is 2. The Labute approximate surface area is 111 Å². The quantitative estimate of drug-likeness (QED) is 0.500. The molecule has 0 saturated heterocycles. The van der Waals surface area contributed by atoms with Gasteiger partial charge in [0, 0.05) is 11.6 Å². The maximum Gasteiger partial charge on any atom is 0.195 e. The smallest absolute Gasteiger partial charge is 0.195 e. The van der Waals surface area contributed by atoms with Gasteiger partial charge < -0.3 is 17.0 Å². The lowest BCUT2D eigenvalue weighted by Crippen LogP contribution is -3.00. The third-order valence-corrected chi connectivity index (χ3v) is 2.64. The second kappa shape index (κ2) is 5.77. The fraction of sp³-hybridized carbons (Fsp3) is 0.231. The summed E-state index contributed by atoms with van der Waals surface area (Å²) in [6.45, 7) is 2.40. The van der Waals surface area contributed by atoms with Gasteiger partial charge in [-0.2, -0.15) is 4.68 Å². The summed E-state index contributed by atoms with van der Waals surface area (Å²) in [5.74, 6) is 0.131. The molecular weight excluding hydrogens is 280 g/mol. The molecule has 0 saturated carbocycles. The molecule has 0 bridgehead atoms. The van der Waals surface area contributed by atoms with Crippen molar-refractivity contribution < 1.29 is 26.5 Å². The Kier molecular flexibility index (Phi) is 4.63. The first kappa shape index (κ1) is 13.6. The van der Waals surface area contributed by atoms with Crippen molar-refractivity contribution in [2.24, 2.45) is 7.05 Å². The van der Waals surface area contributed by atoms with Crippen LogP contribution in [0.25, 0.3) is 0 Å². The van der Waals surface area contributed by atoms with Crippen LogP contribution in [0.5, 0.6) is 0 Å². The number of benzene rings is 1. The molecule has 0 amide bonds. The molecule has 17 heavy (non-hydrogen) atoms. The summed E-state index contributed by atoms with van der Waals surface area (Å²) in [4.78, 5) is 11.9. The minimum Gasteiger partial charge on any atom is -1.00 e. The maximum atomic E-state index is 11.9. The van der Waals surface area contributed by atoms with Crippen LogP contribution >= 0.6 is 0 Å². The summed E-state index contributed by atoms with van der Waals surface area (Å²) in [6, 6.07) is 9.59. The van der Waals surface area contributed by atoms with Gasteiger partial charge in [0.05, 0.1) is 6.20 Å². The van der Waals surface area contributed by atoms with Crippen molar-refractivity contribution in [1.82, 2.24) is 4.68 Å². The largest absolute Gasteiger partial charge is 1.00 e. The zero-order valence-corrected chi connectivity index (χ0v) is 11.5. The predicted molar refractivity (Wildman–Crippen MR) is 61.1 cm³/mol. The Morgan fingerprint density at radius 2 is 1.94 bits per heavy atom. The van der Waals surface area contributed by atoms with E-state index in [-0.39, 0.29) is 22.8 Å². The van der Waals surface area contributed by atoms with Crippen molar-refractivity contribution in [2.75, 3.05) is 0 Å². The van der Waals surface area contributed by atoms with E-state index >= 15 is 0 Å². The van der Waals surface area contributed by atoms with Gasteiger partial charge in [-0.25, -0.2) is 0 Å². The van der Waals surface area contributed by atoms with E-state index in [1.165, 1.54) is 5.56 Å². The van der Waals surface area contributed by atoms with Crippen molar-refractivity contribution in [3.63, 3.8) is 0 Å². The van der Waals surface area contributed by atoms with Crippen molar-refractivity contribution in [3.05, 3.63) is 53.9 Å². The van der Waals surface area contributed by atoms with E-state index in [9.17, 15) is 4.79 Å². The van der Waals surface area contributed by atoms with Gasteiger partial charge in [-0.1, -0.05) is 29.8 Å². The van der Waals surface area contributed by atoms with Crippen LogP contribution in [-0.4, -0.2) is 10.5 Å². The van der Waals surface area contributed by atoms with Crippen LogP contribution in [0.3, 0.4) is 0 Å². The number of carbonyl (C=O) groups is 1. The van der Waals surface area contributed by atoms with E-state index in [2.05, 4.69) is 0 Å². The standard InChI is InChI=1S/C13H15N2O.BrH/c1-11-4-6-12(7-5-11)13(16)10-15-9-3-8-14(15)2;/h3-9H,10H2,1-2H3;1H/q+1;/p-1. The number of hydrogen-bond donors (Lipinski definition) is 0. The van der Waals surface area contributed by atoms with Crippen LogP contribution in [0.2, 0.25) is 0 Å². The number of ketones is 1. The van der Waals surface area contributed by atoms with Crippen LogP contribution < -0.4 is 21.7 Å². The fourth-order valence-electron chi connectivity index (χ4n) is 1.60. The van der Waals surface area contributed by atoms with Crippen molar-refractivity contribution >= 4 is 5.78 Å². The molecule has 0 unspecified atom stereocenters. The first-order chi connectivity index (χ1) is 7.66. The van der Waals surface area contributed by atoms with E-state index in [0.29, 0.717) is 6.54 Å². The molecule has 2 rings (SSSR count). The van der Waals surface area contributed by atoms with Crippen molar-refractivity contribution in [3.8, 4) is 0 Å². The second-order valence-corrected chi connectivity index (χ2v) is 3.95. The maximum absolute atomic E-state index is 11.9.